The normalized spacial score (nSPS) is 10.3. The number of esters is 1. The molecule has 0 saturated heterocycles. The smallest absolute Gasteiger partial charge is 0.337 e. The number of hydrogen-bond donors (Lipinski definition) is 1. The van der Waals surface area contributed by atoms with Crippen LogP contribution in [0, 0.1) is 11.3 Å². The standard InChI is InChI=1S/C24H16N4O3/c1-31-24(30)18-10-8-17(9-11-18)22-26-21(16-5-3-2-4-6-16)27-23(28-22)19-12-7-15(14-25)13-20(19)29/h2-13,29H,1H3. The molecule has 1 heterocycles. The number of carbonyl (C=O) groups excluding carboxylic acids is 1. The van der Waals surface area contributed by atoms with Crippen molar-refractivity contribution in [1.29, 1.82) is 5.26 Å². The molecule has 1 aromatic heterocycles. The molecule has 4 rings (SSSR count). The van der Waals surface area contributed by atoms with Gasteiger partial charge in [0, 0.05) is 11.1 Å². The summed E-state index contributed by atoms with van der Waals surface area (Å²) in [6.45, 7) is 0. The highest BCUT2D eigenvalue weighted by molar-refractivity contribution is 5.89. The van der Waals surface area contributed by atoms with Crippen molar-refractivity contribution < 1.29 is 14.6 Å². The Hall–Kier alpha value is -4.57. The molecule has 0 spiro atoms. The van der Waals surface area contributed by atoms with Gasteiger partial charge < -0.3 is 9.84 Å². The van der Waals surface area contributed by atoms with Crippen LogP contribution in [0.3, 0.4) is 0 Å². The minimum atomic E-state index is -0.435. The molecular weight excluding hydrogens is 392 g/mol. The number of hydrogen-bond acceptors (Lipinski definition) is 7. The van der Waals surface area contributed by atoms with E-state index in [0.717, 1.165) is 5.56 Å². The summed E-state index contributed by atoms with van der Waals surface area (Å²) in [4.78, 5) is 25.4. The van der Waals surface area contributed by atoms with Crippen molar-refractivity contribution in [3.05, 3.63) is 83.9 Å². The average Bonchev–Trinajstić information content (AvgIpc) is 2.83. The lowest BCUT2D eigenvalue weighted by Crippen LogP contribution is -2.02. The average molecular weight is 408 g/mol. The number of aromatic hydroxyl groups is 1. The highest BCUT2D eigenvalue weighted by Crippen LogP contribution is 2.30. The summed E-state index contributed by atoms with van der Waals surface area (Å²) in [6, 6.07) is 22.7. The van der Waals surface area contributed by atoms with Crippen LogP contribution >= 0.6 is 0 Å². The molecule has 7 nitrogen and oxygen atoms in total. The van der Waals surface area contributed by atoms with Crippen LogP contribution in [0.1, 0.15) is 15.9 Å². The summed E-state index contributed by atoms with van der Waals surface area (Å²) in [5, 5.41) is 19.5. The highest BCUT2D eigenvalue weighted by atomic mass is 16.5. The van der Waals surface area contributed by atoms with E-state index >= 15 is 0 Å². The maximum atomic E-state index is 11.7. The molecule has 0 aliphatic carbocycles. The van der Waals surface area contributed by atoms with Gasteiger partial charge in [0.15, 0.2) is 17.5 Å². The summed E-state index contributed by atoms with van der Waals surface area (Å²) < 4.78 is 4.74. The van der Waals surface area contributed by atoms with Gasteiger partial charge in [0.25, 0.3) is 0 Å². The van der Waals surface area contributed by atoms with Crippen LogP contribution < -0.4 is 0 Å². The molecule has 0 saturated carbocycles. The first kappa shape index (κ1) is 19.7. The molecular formula is C24H16N4O3. The molecule has 150 valence electrons. The fraction of sp³-hybridized carbons (Fsp3) is 0.0417. The molecule has 0 atom stereocenters. The molecule has 31 heavy (non-hydrogen) atoms. The van der Waals surface area contributed by atoms with E-state index in [9.17, 15) is 9.90 Å². The van der Waals surface area contributed by atoms with Crippen molar-refractivity contribution in [2.75, 3.05) is 7.11 Å². The number of phenols is 1. The Labute approximate surface area is 178 Å². The van der Waals surface area contributed by atoms with Crippen LogP contribution in [0.2, 0.25) is 0 Å². The number of nitrogens with zero attached hydrogens (tertiary/aromatic N) is 4. The zero-order valence-corrected chi connectivity index (χ0v) is 16.5. The molecule has 3 aromatic carbocycles. The number of ether oxygens (including phenoxy) is 1. The van der Waals surface area contributed by atoms with Crippen LogP contribution in [-0.2, 0) is 4.74 Å². The molecule has 0 fully saturated rings. The van der Waals surface area contributed by atoms with Gasteiger partial charge >= 0.3 is 5.97 Å². The minimum Gasteiger partial charge on any atom is -0.507 e. The van der Waals surface area contributed by atoms with Crippen LogP contribution in [-0.4, -0.2) is 33.1 Å². The monoisotopic (exact) mass is 408 g/mol. The van der Waals surface area contributed by atoms with E-state index in [1.807, 2.05) is 36.4 Å². The second kappa shape index (κ2) is 8.43. The Morgan fingerprint density at radius 3 is 2.06 bits per heavy atom. The number of phenolic OH excluding ortho intramolecular Hbond substituents is 1. The van der Waals surface area contributed by atoms with Crippen LogP contribution in [0.5, 0.6) is 5.75 Å². The first-order chi connectivity index (χ1) is 15.1. The molecule has 1 N–H and O–H groups in total. The summed E-state index contributed by atoms with van der Waals surface area (Å²) in [5.41, 5.74) is 2.57. The SMILES string of the molecule is COC(=O)c1ccc(-c2nc(-c3ccccc3)nc(-c3ccc(C#N)cc3O)n2)cc1. The van der Waals surface area contributed by atoms with Gasteiger partial charge in [0.1, 0.15) is 5.75 Å². The van der Waals surface area contributed by atoms with E-state index in [2.05, 4.69) is 15.0 Å². The van der Waals surface area contributed by atoms with Gasteiger partial charge in [0.2, 0.25) is 0 Å². The highest BCUT2D eigenvalue weighted by Gasteiger charge is 2.15. The van der Waals surface area contributed by atoms with E-state index in [1.54, 1.807) is 36.4 Å². The minimum absolute atomic E-state index is 0.101. The van der Waals surface area contributed by atoms with Gasteiger partial charge in [0.05, 0.1) is 29.9 Å². The van der Waals surface area contributed by atoms with Crippen molar-refractivity contribution >= 4 is 5.97 Å². The number of benzene rings is 3. The Morgan fingerprint density at radius 1 is 0.871 bits per heavy atom. The van der Waals surface area contributed by atoms with Crippen molar-refractivity contribution in [3.63, 3.8) is 0 Å². The van der Waals surface area contributed by atoms with E-state index in [4.69, 9.17) is 10.00 Å². The third kappa shape index (κ3) is 4.09. The van der Waals surface area contributed by atoms with Crippen molar-refractivity contribution in [2.24, 2.45) is 0 Å². The van der Waals surface area contributed by atoms with Crippen molar-refractivity contribution in [1.82, 2.24) is 15.0 Å². The molecule has 4 aromatic rings. The first-order valence-corrected chi connectivity index (χ1v) is 9.33. The maximum absolute atomic E-state index is 11.7. The molecule has 0 radical (unpaired) electrons. The Morgan fingerprint density at radius 2 is 1.48 bits per heavy atom. The van der Waals surface area contributed by atoms with Crippen LogP contribution in [0.25, 0.3) is 34.2 Å². The predicted octanol–water partition coefficient (Wildman–Crippen LogP) is 4.24. The molecule has 0 bridgehead atoms. The second-order valence-electron chi connectivity index (χ2n) is 6.58. The molecule has 0 amide bonds. The van der Waals surface area contributed by atoms with E-state index in [-0.39, 0.29) is 11.6 Å². The van der Waals surface area contributed by atoms with Crippen LogP contribution in [0.15, 0.2) is 72.8 Å². The number of nitriles is 1. The molecule has 0 aliphatic rings. The largest absolute Gasteiger partial charge is 0.507 e. The van der Waals surface area contributed by atoms with Crippen molar-refractivity contribution in [2.45, 2.75) is 0 Å². The summed E-state index contributed by atoms with van der Waals surface area (Å²) in [7, 11) is 1.32. The number of methoxy groups -OCH3 is 1. The fourth-order valence-corrected chi connectivity index (χ4v) is 3.01. The van der Waals surface area contributed by atoms with Crippen LogP contribution in [0.4, 0.5) is 0 Å². The van der Waals surface area contributed by atoms with E-state index in [0.29, 0.717) is 33.9 Å². The van der Waals surface area contributed by atoms with Gasteiger partial charge in [-0.15, -0.1) is 0 Å². The lowest BCUT2D eigenvalue weighted by molar-refractivity contribution is 0.0600. The molecule has 0 unspecified atom stereocenters. The Balaban J connectivity index is 1.87. The number of aromatic nitrogens is 3. The zero-order chi connectivity index (χ0) is 21.8. The van der Waals surface area contributed by atoms with Gasteiger partial charge in [-0.3, -0.25) is 0 Å². The lowest BCUT2D eigenvalue weighted by Gasteiger charge is -2.09. The first-order valence-electron chi connectivity index (χ1n) is 9.33. The van der Waals surface area contributed by atoms with Crippen molar-refractivity contribution in [3.8, 4) is 46.0 Å². The predicted molar refractivity (Wildman–Crippen MR) is 114 cm³/mol. The molecule has 0 aliphatic heterocycles. The topological polar surface area (TPSA) is 109 Å². The summed E-state index contributed by atoms with van der Waals surface area (Å²) in [5.74, 6) is 0.542. The van der Waals surface area contributed by atoms with Gasteiger partial charge in [-0.05, 0) is 30.3 Å². The van der Waals surface area contributed by atoms with E-state index < -0.39 is 5.97 Å². The zero-order valence-electron chi connectivity index (χ0n) is 16.5. The summed E-state index contributed by atoms with van der Waals surface area (Å²) >= 11 is 0. The second-order valence-corrected chi connectivity index (χ2v) is 6.58. The third-order valence-corrected chi connectivity index (χ3v) is 4.60. The maximum Gasteiger partial charge on any atom is 0.337 e. The summed E-state index contributed by atoms with van der Waals surface area (Å²) in [6.07, 6.45) is 0. The lowest BCUT2D eigenvalue weighted by atomic mass is 10.1. The fourth-order valence-electron chi connectivity index (χ4n) is 3.01. The van der Waals surface area contributed by atoms with Gasteiger partial charge in [-0.2, -0.15) is 5.26 Å². The molecule has 7 heteroatoms. The van der Waals surface area contributed by atoms with Gasteiger partial charge in [-0.25, -0.2) is 19.7 Å². The Bertz CT molecular complexity index is 1300. The van der Waals surface area contributed by atoms with E-state index in [1.165, 1.54) is 13.2 Å². The number of carbonyl (C=O) groups is 1. The Kier molecular flexibility index (Phi) is 5.37. The number of rotatable bonds is 4. The third-order valence-electron chi connectivity index (χ3n) is 4.60. The van der Waals surface area contributed by atoms with Gasteiger partial charge in [-0.1, -0.05) is 42.5 Å². The quantitative estimate of drug-likeness (QED) is 0.503.